The highest BCUT2D eigenvalue weighted by molar-refractivity contribution is 5.94. The summed E-state index contributed by atoms with van der Waals surface area (Å²) in [5, 5.41) is 11.8. The Kier molecular flexibility index (Phi) is 14.0. The number of piperazine rings is 1. The number of hydrogen-bond donors (Lipinski definition) is 2. The van der Waals surface area contributed by atoms with Gasteiger partial charge in [0.05, 0.1) is 5.56 Å². The zero-order valence-electron chi connectivity index (χ0n) is 20.4. The fraction of sp³-hybridized carbons (Fsp3) is 0.769. The van der Waals surface area contributed by atoms with E-state index in [-0.39, 0.29) is 5.91 Å². The zero-order valence-corrected chi connectivity index (χ0v) is 20.4. The van der Waals surface area contributed by atoms with Gasteiger partial charge in [0.2, 0.25) is 0 Å². The molecule has 0 aromatic carbocycles. The molecule has 1 aromatic rings. The van der Waals surface area contributed by atoms with Gasteiger partial charge in [-0.3, -0.25) is 4.79 Å². The SMILES string of the molecule is CN1CCN(c2ccc(C(=O)NCCCCCCCCCCCCCCCO)cn2)CC1. The van der Waals surface area contributed by atoms with Gasteiger partial charge in [0.25, 0.3) is 5.91 Å². The lowest BCUT2D eigenvalue weighted by atomic mass is 10.0. The number of hydrogen-bond acceptors (Lipinski definition) is 5. The molecule has 182 valence electrons. The van der Waals surface area contributed by atoms with Crippen molar-refractivity contribution in [3.63, 3.8) is 0 Å². The Hall–Kier alpha value is -1.66. The fourth-order valence-corrected chi connectivity index (χ4v) is 4.23. The van der Waals surface area contributed by atoms with Crippen LogP contribution in [0.1, 0.15) is 93.8 Å². The molecule has 6 heteroatoms. The first-order valence-corrected chi connectivity index (χ1v) is 13.0. The van der Waals surface area contributed by atoms with E-state index in [0.717, 1.165) is 51.4 Å². The number of amides is 1. The molecule has 0 radical (unpaired) electrons. The molecular formula is C26H46N4O2. The lowest BCUT2D eigenvalue weighted by Gasteiger charge is -2.33. The molecule has 1 aliphatic rings. The molecule has 1 saturated heterocycles. The lowest BCUT2D eigenvalue weighted by Crippen LogP contribution is -2.44. The van der Waals surface area contributed by atoms with Gasteiger partial charge in [-0.15, -0.1) is 0 Å². The summed E-state index contributed by atoms with van der Waals surface area (Å²) < 4.78 is 0. The first kappa shape index (κ1) is 26.6. The number of unbranched alkanes of at least 4 members (excludes halogenated alkanes) is 12. The molecule has 0 aliphatic carbocycles. The number of nitrogens with one attached hydrogen (secondary N) is 1. The van der Waals surface area contributed by atoms with Gasteiger partial charge in [-0.1, -0.05) is 70.6 Å². The van der Waals surface area contributed by atoms with Gasteiger partial charge in [0.15, 0.2) is 0 Å². The minimum absolute atomic E-state index is 0.0150. The van der Waals surface area contributed by atoms with Gasteiger partial charge in [-0.25, -0.2) is 4.98 Å². The molecule has 0 saturated carbocycles. The van der Waals surface area contributed by atoms with Crippen LogP contribution in [-0.4, -0.2) is 67.3 Å². The Morgan fingerprint density at radius 2 is 1.38 bits per heavy atom. The van der Waals surface area contributed by atoms with Gasteiger partial charge in [0, 0.05) is 45.5 Å². The van der Waals surface area contributed by atoms with Crippen molar-refractivity contribution < 1.29 is 9.90 Å². The second-order valence-electron chi connectivity index (χ2n) is 9.27. The number of anilines is 1. The molecule has 32 heavy (non-hydrogen) atoms. The summed E-state index contributed by atoms with van der Waals surface area (Å²) in [6, 6.07) is 3.86. The van der Waals surface area contributed by atoms with Gasteiger partial charge in [0.1, 0.15) is 5.82 Å². The van der Waals surface area contributed by atoms with Crippen molar-refractivity contribution in [3.8, 4) is 0 Å². The van der Waals surface area contributed by atoms with E-state index < -0.39 is 0 Å². The summed E-state index contributed by atoms with van der Waals surface area (Å²) in [5.74, 6) is 0.950. The zero-order chi connectivity index (χ0) is 22.9. The number of carbonyl (C=O) groups excluding carboxylic acids is 1. The third-order valence-corrected chi connectivity index (χ3v) is 6.46. The number of pyridine rings is 1. The topological polar surface area (TPSA) is 68.7 Å². The fourth-order valence-electron chi connectivity index (χ4n) is 4.23. The van der Waals surface area contributed by atoms with Crippen molar-refractivity contribution in [2.75, 3.05) is 51.3 Å². The molecule has 0 bridgehead atoms. The average Bonchev–Trinajstić information content (AvgIpc) is 2.82. The Balaban J connectivity index is 1.42. The largest absolute Gasteiger partial charge is 0.396 e. The standard InChI is InChI=1S/C26H46N4O2/c1-29-18-20-30(21-19-29)25-16-15-24(23-28-25)26(32)27-17-13-11-9-7-5-3-2-4-6-8-10-12-14-22-31/h15-16,23,31H,2-14,17-22H2,1H3,(H,27,32). The van der Waals surface area contributed by atoms with E-state index in [4.69, 9.17) is 5.11 Å². The Morgan fingerprint density at radius 1 is 0.844 bits per heavy atom. The number of aliphatic hydroxyl groups excluding tert-OH is 1. The summed E-state index contributed by atoms with van der Waals surface area (Å²) in [7, 11) is 2.14. The van der Waals surface area contributed by atoms with Crippen LogP contribution in [0.3, 0.4) is 0 Å². The molecule has 2 heterocycles. The smallest absolute Gasteiger partial charge is 0.252 e. The monoisotopic (exact) mass is 446 g/mol. The van der Waals surface area contributed by atoms with E-state index in [1.54, 1.807) is 6.20 Å². The Bertz CT molecular complexity index is 600. The van der Waals surface area contributed by atoms with E-state index in [0.29, 0.717) is 12.2 Å². The third kappa shape index (κ3) is 11.3. The number of nitrogens with zero attached hydrogens (tertiary/aromatic N) is 3. The number of aromatic nitrogens is 1. The maximum Gasteiger partial charge on any atom is 0.252 e. The van der Waals surface area contributed by atoms with E-state index in [9.17, 15) is 4.79 Å². The van der Waals surface area contributed by atoms with Gasteiger partial charge in [-0.05, 0) is 32.0 Å². The van der Waals surface area contributed by atoms with E-state index >= 15 is 0 Å². The highest BCUT2D eigenvalue weighted by atomic mass is 16.2. The quantitative estimate of drug-likeness (QED) is 0.342. The molecule has 1 aliphatic heterocycles. The van der Waals surface area contributed by atoms with Crippen molar-refractivity contribution in [2.24, 2.45) is 0 Å². The molecule has 6 nitrogen and oxygen atoms in total. The molecule has 1 amide bonds. The van der Waals surface area contributed by atoms with Crippen molar-refractivity contribution in [1.29, 1.82) is 0 Å². The number of rotatable bonds is 17. The van der Waals surface area contributed by atoms with Crippen LogP contribution in [0.15, 0.2) is 18.3 Å². The molecule has 1 fully saturated rings. The molecule has 2 rings (SSSR count). The average molecular weight is 447 g/mol. The van der Waals surface area contributed by atoms with Crippen LogP contribution in [0, 0.1) is 0 Å². The summed E-state index contributed by atoms with van der Waals surface area (Å²) >= 11 is 0. The molecule has 0 unspecified atom stereocenters. The number of aliphatic hydroxyl groups is 1. The lowest BCUT2D eigenvalue weighted by molar-refractivity contribution is 0.0952. The minimum atomic E-state index is -0.0150. The van der Waals surface area contributed by atoms with Crippen LogP contribution in [0.2, 0.25) is 0 Å². The van der Waals surface area contributed by atoms with Crippen molar-refractivity contribution in [3.05, 3.63) is 23.9 Å². The Labute approximate surface area is 195 Å². The molecule has 2 N–H and O–H groups in total. The second-order valence-corrected chi connectivity index (χ2v) is 9.27. The number of carbonyl (C=O) groups is 1. The molecule has 0 atom stereocenters. The molecule has 1 aromatic heterocycles. The van der Waals surface area contributed by atoms with Crippen LogP contribution < -0.4 is 10.2 Å². The van der Waals surface area contributed by atoms with Gasteiger partial charge in [-0.2, -0.15) is 0 Å². The maximum atomic E-state index is 12.3. The van der Waals surface area contributed by atoms with Crippen molar-refractivity contribution >= 4 is 11.7 Å². The third-order valence-electron chi connectivity index (χ3n) is 6.46. The summed E-state index contributed by atoms with van der Waals surface area (Å²) in [6.07, 6.45) is 18.0. The van der Waals surface area contributed by atoms with Crippen LogP contribution in [0.5, 0.6) is 0 Å². The maximum absolute atomic E-state index is 12.3. The van der Waals surface area contributed by atoms with E-state index in [2.05, 4.69) is 27.1 Å². The van der Waals surface area contributed by atoms with Gasteiger partial charge < -0.3 is 20.2 Å². The minimum Gasteiger partial charge on any atom is -0.396 e. The number of likely N-dealkylation sites (N-methyl/N-ethyl adjacent to an activating group) is 1. The van der Waals surface area contributed by atoms with E-state index in [1.807, 2.05) is 12.1 Å². The van der Waals surface area contributed by atoms with Crippen LogP contribution in [0.25, 0.3) is 0 Å². The highest BCUT2D eigenvalue weighted by Crippen LogP contribution is 2.14. The van der Waals surface area contributed by atoms with Crippen LogP contribution in [-0.2, 0) is 0 Å². The first-order valence-electron chi connectivity index (χ1n) is 13.0. The summed E-state index contributed by atoms with van der Waals surface area (Å²) in [6.45, 7) is 5.17. The van der Waals surface area contributed by atoms with Crippen LogP contribution >= 0.6 is 0 Å². The Morgan fingerprint density at radius 3 is 1.88 bits per heavy atom. The highest BCUT2D eigenvalue weighted by Gasteiger charge is 2.15. The second kappa shape index (κ2) is 16.9. The molecule has 0 spiro atoms. The molecular weight excluding hydrogens is 400 g/mol. The summed E-state index contributed by atoms with van der Waals surface area (Å²) in [4.78, 5) is 21.4. The summed E-state index contributed by atoms with van der Waals surface area (Å²) in [5.41, 5.74) is 0.649. The van der Waals surface area contributed by atoms with E-state index in [1.165, 1.54) is 70.6 Å². The first-order chi connectivity index (χ1) is 15.7. The predicted molar refractivity (Wildman–Crippen MR) is 133 cm³/mol. The normalized spacial score (nSPS) is 14.6. The van der Waals surface area contributed by atoms with Crippen molar-refractivity contribution in [1.82, 2.24) is 15.2 Å². The van der Waals surface area contributed by atoms with Crippen molar-refractivity contribution in [2.45, 2.75) is 83.5 Å². The van der Waals surface area contributed by atoms with Crippen LogP contribution in [0.4, 0.5) is 5.82 Å². The van der Waals surface area contributed by atoms with Gasteiger partial charge >= 0.3 is 0 Å². The predicted octanol–water partition coefficient (Wildman–Crippen LogP) is 4.63.